The molecule has 0 radical (unpaired) electrons. The molecule has 0 aliphatic heterocycles. The lowest BCUT2D eigenvalue weighted by Gasteiger charge is -2.20. The Hall–Kier alpha value is -3.38. The van der Waals surface area contributed by atoms with E-state index in [0.29, 0.717) is 29.5 Å². The van der Waals surface area contributed by atoms with Gasteiger partial charge in [-0.05, 0) is 55.5 Å². The number of hydrogen-bond acceptors (Lipinski definition) is 5. The number of fused-ring (bicyclic) bond motifs is 1. The Kier molecular flexibility index (Phi) is 6.46. The molecular weight excluding hydrogens is 370 g/mol. The summed E-state index contributed by atoms with van der Waals surface area (Å²) in [4.78, 5) is 23.8. The Bertz CT molecular complexity index is 1010. The predicted molar refractivity (Wildman–Crippen MR) is 111 cm³/mol. The van der Waals surface area contributed by atoms with Crippen molar-refractivity contribution in [1.29, 1.82) is 0 Å². The van der Waals surface area contributed by atoms with Crippen molar-refractivity contribution in [1.82, 2.24) is 0 Å². The van der Waals surface area contributed by atoms with Gasteiger partial charge in [-0.15, -0.1) is 0 Å². The Morgan fingerprint density at radius 3 is 2.34 bits per heavy atom. The average Bonchev–Trinajstić information content (AvgIpc) is 2.72. The molecule has 0 spiro atoms. The van der Waals surface area contributed by atoms with Crippen LogP contribution < -0.4 is 5.32 Å². The first kappa shape index (κ1) is 20.4. The van der Waals surface area contributed by atoms with Crippen molar-refractivity contribution in [2.24, 2.45) is 0 Å². The number of aliphatic hydroxyl groups excluding tert-OH is 1. The number of carbonyl (C=O) groups excluding carboxylic acids is 2. The summed E-state index contributed by atoms with van der Waals surface area (Å²) in [6.45, 7) is 1.45. The summed E-state index contributed by atoms with van der Waals surface area (Å²) in [5, 5.41) is 23.5. The first-order valence-corrected chi connectivity index (χ1v) is 9.39. The molecule has 0 saturated carbocycles. The number of phenolic OH excluding ortho intramolecular Hbond substituents is 1. The summed E-state index contributed by atoms with van der Waals surface area (Å²) >= 11 is 0. The van der Waals surface area contributed by atoms with Crippen LogP contribution in [0.5, 0.6) is 5.75 Å². The van der Waals surface area contributed by atoms with Gasteiger partial charge in [0.15, 0.2) is 5.78 Å². The van der Waals surface area contributed by atoms with Crippen LogP contribution in [0.3, 0.4) is 0 Å². The number of ketones is 1. The van der Waals surface area contributed by atoms with Crippen LogP contribution in [0.2, 0.25) is 0 Å². The fourth-order valence-electron chi connectivity index (χ4n) is 3.21. The van der Waals surface area contributed by atoms with Crippen LogP contribution in [0, 0.1) is 0 Å². The Morgan fingerprint density at radius 1 is 1.00 bits per heavy atom. The molecule has 3 aromatic rings. The minimum absolute atomic E-state index is 0.0238. The standard InChI is InChI=1S/C23H23NO5/c1-15(26)16-8-10-17(11-9-16)24-23(28)29-22(7-4-14-25)20-12-13-21(27)19-6-3-2-5-18(19)20/h2-3,5-6,8-13,22,25,27H,4,7,14H2,1H3,(H,24,28)/t22-/m0/s1. The normalized spacial score (nSPS) is 11.8. The highest BCUT2D eigenvalue weighted by Crippen LogP contribution is 2.34. The zero-order chi connectivity index (χ0) is 20.8. The maximum absolute atomic E-state index is 12.5. The summed E-state index contributed by atoms with van der Waals surface area (Å²) in [6, 6.07) is 17.2. The van der Waals surface area contributed by atoms with Crippen molar-refractivity contribution in [3.8, 4) is 5.75 Å². The van der Waals surface area contributed by atoms with Crippen molar-refractivity contribution >= 4 is 28.3 Å². The van der Waals surface area contributed by atoms with Gasteiger partial charge in [-0.25, -0.2) is 4.79 Å². The summed E-state index contributed by atoms with van der Waals surface area (Å²) in [7, 11) is 0. The SMILES string of the molecule is CC(=O)c1ccc(NC(=O)O[C@@H](CCCO)c2ccc(O)c3ccccc23)cc1. The molecule has 0 aromatic heterocycles. The summed E-state index contributed by atoms with van der Waals surface area (Å²) in [5.41, 5.74) is 1.82. The van der Waals surface area contributed by atoms with E-state index >= 15 is 0 Å². The highest BCUT2D eigenvalue weighted by atomic mass is 16.6. The van der Waals surface area contributed by atoms with Crippen molar-refractivity contribution in [3.05, 3.63) is 71.8 Å². The van der Waals surface area contributed by atoms with Crippen LogP contribution in [0.1, 0.15) is 41.8 Å². The van der Waals surface area contributed by atoms with Crippen molar-refractivity contribution < 1.29 is 24.5 Å². The molecule has 150 valence electrons. The van der Waals surface area contributed by atoms with E-state index in [2.05, 4.69) is 5.32 Å². The van der Waals surface area contributed by atoms with Gasteiger partial charge in [0.2, 0.25) is 0 Å². The molecule has 0 bridgehead atoms. The van der Waals surface area contributed by atoms with Gasteiger partial charge in [0.05, 0.1) is 0 Å². The van der Waals surface area contributed by atoms with E-state index in [1.54, 1.807) is 42.5 Å². The average molecular weight is 393 g/mol. The molecule has 0 aliphatic rings. The van der Waals surface area contributed by atoms with Crippen LogP contribution in [-0.4, -0.2) is 28.7 Å². The van der Waals surface area contributed by atoms with Crippen molar-refractivity contribution in [2.45, 2.75) is 25.9 Å². The van der Waals surface area contributed by atoms with E-state index in [-0.39, 0.29) is 18.1 Å². The summed E-state index contributed by atoms with van der Waals surface area (Å²) < 4.78 is 5.66. The van der Waals surface area contributed by atoms with Crippen molar-refractivity contribution in [3.63, 3.8) is 0 Å². The number of carbonyl (C=O) groups is 2. The zero-order valence-electron chi connectivity index (χ0n) is 16.1. The lowest BCUT2D eigenvalue weighted by molar-refractivity contribution is 0.100. The number of amides is 1. The molecule has 1 atom stereocenters. The van der Waals surface area contributed by atoms with Crippen LogP contribution in [0.25, 0.3) is 10.8 Å². The van der Waals surface area contributed by atoms with Gasteiger partial charge < -0.3 is 14.9 Å². The minimum atomic E-state index is -0.638. The second-order valence-electron chi connectivity index (χ2n) is 6.74. The number of rotatable bonds is 7. The van der Waals surface area contributed by atoms with E-state index in [1.165, 1.54) is 6.92 Å². The third kappa shape index (κ3) is 4.92. The number of ether oxygens (including phenoxy) is 1. The fourth-order valence-corrected chi connectivity index (χ4v) is 3.21. The molecule has 3 rings (SSSR count). The van der Waals surface area contributed by atoms with Gasteiger partial charge >= 0.3 is 6.09 Å². The van der Waals surface area contributed by atoms with Gasteiger partial charge in [-0.1, -0.05) is 30.3 Å². The number of benzene rings is 3. The highest BCUT2D eigenvalue weighted by molar-refractivity contribution is 5.95. The lowest BCUT2D eigenvalue weighted by Crippen LogP contribution is -2.18. The van der Waals surface area contributed by atoms with Gasteiger partial charge in [-0.2, -0.15) is 0 Å². The Balaban J connectivity index is 1.81. The first-order valence-electron chi connectivity index (χ1n) is 9.39. The summed E-state index contributed by atoms with van der Waals surface area (Å²) in [5.74, 6) is 0.0997. The van der Waals surface area contributed by atoms with E-state index in [1.807, 2.05) is 18.2 Å². The minimum Gasteiger partial charge on any atom is -0.507 e. The number of hydrogen-bond donors (Lipinski definition) is 3. The first-order chi connectivity index (χ1) is 14.0. The molecule has 3 aromatic carbocycles. The van der Waals surface area contributed by atoms with Crippen LogP contribution in [0.4, 0.5) is 10.5 Å². The Labute approximate surface area is 168 Å². The van der Waals surface area contributed by atoms with E-state index in [4.69, 9.17) is 4.74 Å². The van der Waals surface area contributed by atoms with Gasteiger partial charge in [0, 0.05) is 28.8 Å². The lowest BCUT2D eigenvalue weighted by atomic mass is 9.97. The third-order valence-corrected chi connectivity index (χ3v) is 4.69. The molecular formula is C23H23NO5. The fraction of sp³-hybridized carbons (Fsp3) is 0.217. The predicted octanol–water partition coefficient (Wildman–Crippen LogP) is 4.81. The molecule has 1 amide bonds. The van der Waals surface area contributed by atoms with Gasteiger partial charge in [0.25, 0.3) is 0 Å². The molecule has 0 heterocycles. The van der Waals surface area contributed by atoms with Crippen LogP contribution >= 0.6 is 0 Å². The maximum Gasteiger partial charge on any atom is 0.412 e. The monoisotopic (exact) mass is 393 g/mol. The number of anilines is 1. The second kappa shape index (κ2) is 9.21. The topological polar surface area (TPSA) is 95.9 Å². The quantitative estimate of drug-likeness (QED) is 0.501. The number of Topliss-reactive ketones (excluding diaryl/α,β-unsaturated/α-hetero) is 1. The smallest absolute Gasteiger partial charge is 0.412 e. The zero-order valence-corrected chi connectivity index (χ0v) is 16.1. The number of nitrogens with one attached hydrogen (secondary N) is 1. The molecule has 0 fully saturated rings. The van der Waals surface area contributed by atoms with E-state index < -0.39 is 12.2 Å². The number of phenols is 1. The van der Waals surface area contributed by atoms with Crippen LogP contribution in [-0.2, 0) is 4.74 Å². The number of aliphatic hydroxyl groups is 1. The Morgan fingerprint density at radius 2 is 1.69 bits per heavy atom. The van der Waals surface area contributed by atoms with Crippen LogP contribution in [0.15, 0.2) is 60.7 Å². The molecule has 3 N–H and O–H groups in total. The second-order valence-corrected chi connectivity index (χ2v) is 6.74. The number of aromatic hydroxyl groups is 1. The molecule has 0 unspecified atom stereocenters. The molecule has 29 heavy (non-hydrogen) atoms. The molecule has 0 saturated heterocycles. The van der Waals surface area contributed by atoms with E-state index in [0.717, 1.165) is 10.9 Å². The highest BCUT2D eigenvalue weighted by Gasteiger charge is 2.20. The third-order valence-electron chi connectivity index (χ3n) is 4.69. The van der Waals surface area contributed by atoms with Crippen molar-refractivity contribution in [2.75, 3.05) is 11.9 Å². The van der Waals surface area contributed by atoms with E-state index in [9.17, 15) is 19.8 Å². The molecule has 6 nitrogen and oxygen atoms in total. The summed E-state index contributed by atoms with van der Waals surface area (Å²) in [6.07, 6.45) is -0.340. The molecule has 6 heteroatoms. The van der Waals surface area contributed by atoms with Gasteiger partial charge in [-0.3, -0.25) is 10.1 Å². The largest absolute Gasteiger partial charge is 0.507 e. The maximum atomic E-state index is 12.5. The molecule has 0 aliphatic carbocycles. The van der Waals surface area contributed by atoms with Gasteiger partial charge in [0.1, 0.15) is 11.9 Å².